The zero-order valence-electron chi connectivity index (χ0n) is 11.4. The van der Waals surface area contributed by atoms with Crippen LogP contribution in [-0.2, 0) is 4.74 Å². The Hall–Kier alpha value is -0.120. The second-order valence-corrected chi connectivity index (χ2v) is 5.51. The van der Waals surface area contributed by atoms with E-state index in [-0.39, 0.29) is 5.54 Å². The summed E-state index contributed by atoms with van der Waals surface area (Å²) < 4.78 is 5.32. The predicted octanol–water partition coefficient (Wildman–Crippen LogP) is 1.86. The average Bonchev–Trinajstić information content (AvgIpc) is 2.75. The number of likely N-dealkylation sites (tertiary alicyclic amines) is 1. The smallest absolute Gasteiger partial charge is 0.0656 e. The van der Waals surface area contributed by atoms with Crippen LogP contribution in [0.15, 0.2) is 0 Å². The quantitative estimate of drug-likeness (QED) is 0.754. The van der Waals surface area contributed by atoms with E-state index in [0.717, 1.165) is 6.61 Å². The molecule has 96 valence electrons. The van der Waals surface area contributed by atoms with Crippen molar-refractivity contribution >= 4 is 0 Å². The van der Waals surface area contributed by atoms with Crippen molar-refractivity contribution in [2.24, 2.45) is 11.1 Å². The summed E-state index contributed by atoms with van der Waals surface area (Å²) in [5.74, 6) is 0. The normalized spacial score (nSPS) is 24.6. The van der Waals surface area contributed by atoms with Gasteiger partial charge in [0.05, 0.1) is 12.1 Å². The maximum atomic E-state index is 5.92. The van der Waals surface area contributed by atoms with E-state index < -0.39 is 0 Å². The molecule has 1 aliphatic heterocycles. The fourth-order valence-corrected chi connectivity index (χ4v) is 2.81. The van der Waals surface area contributed by atoms with Gasteiger partial charge in [-0.15, -0.1) is 0 Å². The molecule has 1 saturated heterocycles. The molecular formula is C13H28N2O. The Morgan fingerprint density at radius 2 is 2.00 bits per heavy atom. The van der Waals surface area contributed by atoms with Gasteiger partial charge in [0.1, 0.15) is 0 Å². The number of hydrogen-bond acceptors (Lipinski definition) is 3. The van der Waals surface area contributed by atoms with Gasteiger partial charge < -0.3 is 10.5 Å². The minimum absolute atomic E-state index is 0.0147. The van der Waals surface area contributed by atoms with E-state index in [1.807, 2.05) is 0 Å². The van der Waals surface area contributed by atoms with Crippen LogP contribution < -0.4 is 5.73 Å². The van der Waals surface area contributed by atoms with E-state index in [9.17, 15) is 0 Å². The number of hydrogen-bond donors (Lipinski definition) is 1. The first-order valence-electron chi connectivity index (χ1n) is 6.50. The summed E-state index contributed by atoms with van der Waals surface area (Å²) in [6.45, 7) is 10.6. The Balaban J connectivity index is 2.69. The van der Waals surface area contributed by atoms with Crippen LogP contribution in [0.3, 0.4) is 0 Å². The van der Waals surface area contributed by atoms with Gasteiger partial charge in [0, 0.05) is 20.2 Å². The van der Waals surface area contributed by atoms with Gasteiger partial charge in [0.2, 0.25) is 0 Å². The molecule has 3 heteroatoms. The van der Waals surface area contributed by atoms with Crippen LogP contribution in [0.5, 0.6) is 0 Å². The highest BCUT2D eigenvalue weighted by atomic mass is 16.5. The lowest BCUT2D eigenvalue weighted by atomic mass is 9.81. The molecule has 1 unspecified atom stereocenters. The molecule has 0 radical (unpaired) electrons. The first-order valence-corrected chi connectivity index (χ1v) is 6.50. The standard InChI is InChI=1S/C13H28N2O/c1-5-13(6-2)7-8-15(10-13)12(3,9-14)11-16-4/h5-11,14H2,1-4H3. The van der Waals surface area contributed by atoms with Gasteiger partial charge in [0.25, 0.3) is 0 Å². The molecule has 1 aliphatic rings. The second kappa shape index (κ2) is 5.48. The van der Waals surface area contributed by atoms with Crippen LogP contribution in [0, 0.1) is 5.41 Å². The van der Waals surface area contributed by atoms with E-state index in [1.54, 1.807) is 7.11 Å². The lowest BCUT2D eigenvalue weighted by Gasteiger charge is -2.39. The van der Waals surface area contributed by atoms with Crippen molar-refractivity contribution in [1.29, 1.82) is 0 Å². The van der Waals surface area contributed by atoms with E-state index in [1.165, 1.54) is 32.4 Å². The predicted molar refractivity (Wildman–Crippen MR) is 68.5 cm³/mol. The van der Waals surface area contributed by atoms with Crippen LogP contribution in [0.25, 0.3) is 0 Å². The Labute approximate surface area is 100 Å². The molecule has 1 atom stereocenters. The van der Waals surface area contributed by atoms with Crippen molar-refractivity contribution in [2.75, 3.05) is 33.4 Å². The summed E-state index contributed by atoms with van der Waals surface area (Å²) in [4.78, 5) is 2.53. The van der Waals surface area contributed by atoms with Gasteiger partial charge in [-0.3, -0.25) is 4.90 Å². The second-order valence-electron chi connectivity index (χ2n) is 5.51. The van der Waals surface area contributed by atoms with Crippen LogP contribution in [0.4, 0.5) is 0 Å². The van der Waals surface area contributed by atoms with Gasteiger partial charge in [-0.2, -0.15) is 0 Å². The van der Waals surface area contributed by atoms with Crippen LogP contribution >= 0.6 is 0 Å². The van der Waals surface area contributed by atoms with Gasteiger partial charge in [0.15, 0.2) is 0 Å². The van der Waals surface area contributed by atoms with Crippen LogP contribution in [-0.4, -0.2) is 43.8 Å². The third-order valence-electron chi connectivity index (χ3n) is 4.60. The molecule has 1 fully saturated rings. The topological polar surface area (TPSA) is 38.5 Å². The average molecular weight is 228 g/mol. The van der Waals surface area contributed by atoms with Gasteiger partial charge >= 0.3 is 0 Å². The number of ether oxygens (including phenoxy) is 1. The first kappa shape index (κ1) is 13.9. The summed E-state index contributed by atoms with van der Waals surface area (Å²) in [5.41, 5.74) is 6.46. The summed E-state index contributed by atoms with van der Waals surface area (Å²) in [6, 6.07) is 0. The molecule has 1 rings (SSSR count). The lowest BCUT2D eigenvalue weighted by molar-refractivity contribution is 0.0337. The Kier molecular flexibility index (Phi) is 4.77. The fourth-order valence-electron chi connectivity index (χ4n) is 2.81. The minimum Gasteiger partial charge on any atom is -0.383 e. The number of methoxy groups -OCH3 is 1. The SMILES string of the molecule is CCC1(CC)CCN(C(C)(CN)COC)C1. The molecule has 2 N–H and O–H groups in total. The molecule has 0 aliphatic carbocycles. The fraction of sp³-hybridized carbons (Fsp3) is 1.00. The summed E-state index contributed by atoms with van der Waals surface area (Å²) in [5, 5.41) is 0. The Morgan fingerprint density at radius 1 is 1.38 bits per heavy atom. The molecule has 16 heavy (non-hydrogen) atoms. The molecule has 0 aromatic rings. The molecule has 0 saturated carbocycles. The number of nitrogens with zero attached hydrogens (tertiary/aromatic N) is 1. The zero-order valence-corrected chi connectivity index (χ0v) is 11.4. The molecule has 3 nitrogen and oxygen atoms in total. The molecule has 0 amide bonds. The van der Waals surface area contributed by atoms with Crippen molar-refractivity contribution < 1.29 is 4.74 Å². The third-order valence-corrected chi connectivity index (χ3v) is 4.60. The molecule has 0 bridgehead atoms. The van der Waals surface area contributed by atoms with E-state index in [2.05, 4.69) is 25.7 Å². The van der Waals surface area contributed by atoms with E-state index >= 15 is 0 Å². The molecule has 1 heterocycles. The largest absolute Gasteiger partial charge is 0.383 e. The van der Waals surface area contributed by atoms with Crippen molar-refractivity contribution in [3.63, 3.8) is 0 Å². The van der Waals surface area contributed by atoms with Crippen molar-refractivity contribution in [1.82, 2.24) is 4.90 Å². The van der Waals surface area contributed by atoms with Gasteiger partial charge in [-0.05, 0) is 38.1 Å². The Morgan fingerprint density at radius 3 is 2.38 bits per heavy atom. The lowest BCUT2D eigenvalue weighted by Crippen LogP contribution is -2.54. The number of nitrogens with two attached hydrogens (primary N) is 1. The summed E-state index contributed by atoms with van der Waals surface area (Å²) >= 11 is 0. The molecular weight excluding hydrogens is 200 g/mol. The summed E-state index contributed by atoms with van der Waals surface area (Å²) in [7, 11) is 1.76. The van der Waals surface area contributed by atoms with Gasteiger partial charge in [-0.1, -0.05) is 13.8 Å². The highest BCUT2D eigenvalue weighted by Crippen LogP contribution is 2.39. The molecule has 0 aromatic carbocycles. The van der Waals surface area contributed by atoms with Crippen molar-refractivity contribution in [3.8, 4) is 0 Å². The zero-order chi connectivity index (χ0) is 12.2. The van der Waals surface area contributed by atoms with Crippen LogP contribution in [0.1, 0.15) is 40.0 Å². The molecule has 0 aromatic heterocycles. The highest BCUT2D eigenvalue weighted by molar-refractivity contribution is 4.97. The minimum atomic E-state index is 0.0147. The van der Waals surface area contributed by atoms with E-state index in [0.29, 0.717) is 12.0 Å². The maximum absolute atomic E-state index is 5.92. The third kappa shape index (κ3) is 2.58. The summed E-state index contributed by atoms with van der Waals surface area (Å²) in [6.07, 6.45) is 3.85. The number of rotatable bonds is 6. The van der Waals surface area contributed by atoms with Crippen molar-refractivity contribution in [3.05, 3.63) is 0 Å². The molecule has 0 spiro atoms. The van der Waals surface area contributed by atoms with Crippen LogP contribution in [0.2, 0.25) is 0 Å². The monoisotopic (exact) mass is 228 g/mol. The van der Waals surface area contributed by atoms with Crippen molar-refractivity contribution in [2.45, 2.75) is 45.6 Å². The highest BCUT2D eigenvalue weighted by Gasteiger charge is 2.42. The first-order chi connectivity index (χ1) is 7.55. The van der Waals surface area contributed by atoms with E-state index in [4.69, 9.17) is 10.5 Å². The maximum Gasteiger partial charge on any atom is 0.0656 e. The Bertz CT molecular complexity index is 216. The van der Waals surface area contributed by atoms with Gasteiger partial charge in [-0.25, -0.2) is 0 Å².